The lowest BCUT2D eigenvalue weighted by Gasteiger charge is -2.11. The number of halogens is 2. The van der Waals surface area contributed by atoms with Crippen LogP contribution >= 0.6 is 0 Å². The molecule has 4 N–H and O–H groups in total. The molecular weight excluding hydrogens is 618 g/mol. The molecule has 0 saturated heterocycles. The van der Waals surface area contributed by atoms with Gasteiger partial charge in [-0.15, -0.1) is 5.73 Å². The summed E-state index contributed by atoms with van der Waals surface area (Å²) in [7, 11) is 1.81. The number of anilines is 1. The number of benzene rings is 3. The van der Waals surface area contributed by atoms with Gasteiger partial charge in [-0.25, -0.2) is 13.8 Å². The number of hydrogen-bond acceptors (Lipinski definition) is 6. The van der Waals surface area contributed by atoms with Crippen molar-refractivity contribution in [1.29, 1.82) is 0 Å². The number of nitrogens with one attached hydrogen (secondary N) is 4. The van der Waals surface area contributed by atoms with Crippen molar-refractivity contribution in [3.8, 4) is 33.9 Å². The van der Waals surface area contributed by atoms with Gasteiger partial charge in [0.2, 0.25) is 0 Å². The Bertz CT molecular complexity index is 2260. The maximum Gasteiger partial charge on any atom is 0.159 e. The molecular formula is C39H36F2N8. The molecule has 0 amide bonds. The highest BCUT2D eigenvalue weighted by atomic mass is 19.1. The predicted molar refractivity (Wildman–Crippen MR) is 196 cm³/mol. The predicted octanol–water partition coefficient (Wildman–Crippen LogP) is 9.29. The molecule has 0 bridgehead atoms. The van der Waals surface area contributed by atoms with E-state index < -0.39 is 5.82 Å². The second-order valence-electron chi connectivity index (χ2n) is 10.7. The maximum absolute atomic E-state index is 15.4. The topological polar surface area (TPSA) is 107 Å². The molecule has 0 aliphatic rings. The van der Waals surface area contributed by atoms with Crippen LogP contribution in [0.25, 0.3) is 61.5 Å². The Morgan fingerprint density at radius 2 is 1.67 bits per heavy atom. The molecule has 0 aliphatic carbocycles. The minimum absolute atomic E-state index is 0.353. The summed E-state index contributed by atoms with van der Waals surface area (Å²) in [5.74, 6) is -0.306. The first-order valence-electron chi connectivity index (χ1n) is 15.6. The van der Waals surface area contributed by atoms with E-state index >= 15 is 4.39 Å². The number of hydrogen-bond donors (Lipinski definition) is 4. The monoisotopic (exact) mass is 654 g/mol. The van der Waals surface area contributed by atoms with E-state index in [1.807, 2.05) is 63.4 Å². The van der Waals surface area contributed by atoms with Gasteiger partial charge in [0.05, 0.1) is 28.6 Å². The highest BCUT2D eigenvalue weighted by molar-refractivity contribution is 5.98. The van der Waals surface area contributed by atoms with Crippen molar-refractivity contribution >= 4 is 33.3 Å². The number of rotatable bonds is 8. The summed E-state index contributed by atoms with van der Waals surface area (Å²) < 4.78 is 29.9. The van der Waals surface area contributed by atoms with Gasteiger partial charge >= 0.3 is 0 Å². The number of imidazole rings is 1. The van der Waals surface area contributed by atoms with Crippen molar-refractivity contribution in [3.05, 3.63) is 140 Å². The Balaban J connectivity index is 0.000000889. The van der Waals surface area contributed by atoms with Crippen LogP contribution in [0.1, 0.15) is 25.0 Å². The van der Waals surface area contributed by atoms with E-state index in [1.165, 1.54) is 18.2 Å². The highest BCUT2D eigenvalue weighted by Gasteiger charge is 2.19. The van der Waals surface area contributed by atoms with Crippen LogP contribution in [0.15, 0.2) is 117 Å². The lowest BCUT2D eigenvalue weighted by atomic mass is 10.0. The molecule has 49 heavy (non-hydrogen) atoms. The Labute approximate surface area is 283 Å². The molecule has 0 fully saturated rings. The van der Waals surface area contributed by atoms with E-state index in [9.17, 15) is 4.39 Å². The van der Waals surface area contributed by atoms with Crippen molar-refractivity contribution < 1.29 is 8.78 Å². The van der Waals surface area contributed by atoms with Gasteiger partial charge in [-0.3, -0.25) is 15.1 Å². The number of fused-ring (bicyclic) bond motifs is 2. The van der Waals surface area contributed by atoms with E-state index in [0.717, 1.165) is 11.1 Å². The molecule has 4 heterocycles. The van der Waals surface area contributed by atoms with Gasteiger partial charge in [-0.05, 0) is 54.6 Å². The summed E-state index contributed by atoms with van der Waals surface area (Å²) in [5, 5.41) is 14.4. The molecule has 3 aromatic carbocycles. The first kappa shape index (κ1) is 34.1. The van der Waals surface area contributed by atoms with Crippen molar-refractivity contribution in [2.45, 2.75) is 20.4 Å². The first-order valence-corrected chi connectivity index (χ1v) is 15.6. The number of H-pyrrole nitrogens is 2. The summed E-state index contributed by atoms with van der Waals surface area (Å²) >= 11 is 0. The fraction of sp³-hybridized carbons (Fsp3) is 0.103. The van der Waals surface area contributed by atoms with Crippen molar-refractivity contribution in [2.75, 3.05) is 12.4 Å². The summed E-state index contributed by atoms with van der Waals surface area (Å²) in [4.78, 5) is 17.0. The van der Waals surface area contributed by atoms with Crippen LogP contribution in [0.3, 0.4) is 0 Å². The Hall–Kier alpha value is -6.22. The summed E-state index contributed by atoms with van der Waals surface area (Å²) in [6.45, 7) is 14.9. The number of nitrogens with zero attached hydrogens (tertiary/aromatic N) is 4. The maximum atomic E-state index is 15.4. The minimum Gasteiger partial charge on any atom is -0.354 e. The molecule has 0 spiro atoms. The van der Waals surface area contributed by atoms with Crippen molar-refractivity contribution in [3.63, 3.8) is 0 Å². The smallest absolute Gasteiger partial charge is 0.159 e. The van der Waals surface area contributed by atoms with Gasteiger partial charge < -0.3 is 15.6 Å². The van der Waals surface area contributed by atoms with Gasteiger partial charge in [0.15, 0.2) is 5.82 Å². The summed E-state index contributed by atoms with van der Waals surface area (Å²) in [6.07, 6.45) is 4.93. The molecule has 7 aromatic rings. The van der Waals surface area contributed by atoms with Gasteiger partial charge in [-0.1, -0.05) is 63.9 Å². The van der Waals surface area contributed by atoms with Crippen molar-refractivity contribution in [2.24, 2.45) is 0 Å². The Kier molecular flexibility index (Phi) is 10.9. The molecule has 7 rings (SSSR count). The second-order valence-corrected chi connectivity index (χ2v) is 10.7. The molecule has 8 nitrogen and oxygen atoms in total. The average molecular weight is 655 g/mol. The van der Waals surface area contributed by atoms with Crippen LogP contribution in [-0.4, -0.2) is 37.2 Å². The second kappa shape index (κ2) is 15.6. The zero-order valence-corrected chi connectivity index (χ0v) is 27.5. The molecule has 10 heteroatoms. The SMILES string of the molecule is C=C(Nc1cncc(-c2cc3c(-c4nc5c(-c6cc(F)cc(CNC)c6)nccc5[nH]4)n[nH]c3cc2F)c1)c1ccccc1.C=C=C.CC. The molecule has 0 unspecified atom stereocenters. The highest BCUT2D eigenvalue weighted by Crippen LogP contribution is 2.34. The van der Waals surface area contributed by atoms with Gasteiger partial charge in [0.25, 0.3) is 0 Å². The van der Waals surface area contributed by atoms with Gasteiger partial charge in [0.1, 0.15) is 22.8 Å². The molecule has 0 saturated carbocycles. The Morgan fingerprint density at radius 1 is 0.898 bits per heavy atom. The minimum atomic E-state index is -0.423. The van der Waals surface area contributed by atoms with Crippen molar-refractivity contribution in [1.82, 2.24) is 35.5 Å². The zero-order valence-electron chi connectivity index (χ0n) is 27.5. The van der Waals surface area contributed by atoms with E-state index in [2.05, 4.69) is 61.3 Å². The van der Waals surface area contributed by atoms with Crippen LogP contribution < -0.4 is 10.6 Å². The average Bonchev–Trinajstić information content (AvgIpc) is 3.73. The number of aromatic amines is 2. The van der Waals surface area contributed by atoms with Crippen LogP contribution in [-0.2, 0) is 6.54 Å². The van der Waals surface area contributed by atoms with Gasteiger partial charge in [-0.2, -0.15) is 5.10 Å². The van der Waals surface area contributed by atoms with E-state index in [1.54, 1.807) is 30.7 Å². The summed E-state index contributed by atoms with van der Waals surface area (Å²) in [5.41, 5.74) is 9.78. The fourth-order valence-electron chi connectivity index (χ4n) is 5.33. The quantitative estimate of drug-likeness (QED) is 0.122. The van der Waals surface area contributed by atoms with Crippen LogP contribution in [0.5, 0.6) is 0 Å². The molecule has 4 aromatic heterocycles. The number of aromatic nitrogens is 6. The molecule has 0 aliphatic heterocycles. The van der Waals surface area contributed by atoms with E-state index in [0.29, 0.717) is 73.8 Å². The lowest BCUT2D eigenvalue weighted by Crippen LogP contribution is -2.05. The van der Waals surface area contributed by atoms with E-state index in [4.69, 9.17) is 4.98 Å². The number of pyridine rings is 2. The normalized spacial score (nSPS) is 10.5. The third-order valence-electron chi connectivity index (χ3n) is 7.35. The van der Waals surface area contributed by atoms with Crippen LogP contribution in [0, 0.1) is 11.6 Å². The van der Waals surface area contributed by atoms with Gasteiger partial charge in [0, 0.05) is 52.8 Å². The third-order valence-corrected chi connectivity index (χ3v) is 7.35. The zero-order chi connectivity index (χ0) is 34.9. The Morgan fingerprint density at radius 3 is 2.43 bits per heavy atom. The van der Waals surface area contributed by atoms with Crippen LogP contribution in [0.4, 0.5) is 14.5 Å². The third kappa shape index (κ3) is 7.52. The standard InChI is InChI=1S/C34H26F2N8.C3H4.C2H6/c1-19(21-6-4-3-5-7-21)40-25-13-23(17-38-18-25)26-14-27-30(15-28(26)36)43-44-32(27)34-41-29-8-9-39-31(33(29)42-34)22-10-20(16-37-2)11-24(35)12-22;1-3-2;1-2/h3-15,17-18,37,40H,1,16H2,2H3,(H,41,42)(H,43,44);1-2H2;1-2H3. The molecule has 0 atom stereocenters. The van der Waals surface area contributed by atoms with Crippen LogP contribution in [0.2, 0.25) is 0 Å². The first-order chi connectivity index (χ1) is 23.9. The largest absolute Gasteiger partial charge is 0.354 e. The summed E-state index contributed by atoms with van der Waals surface area (Å²) in [6, 6.07) is 21.3. The van der Waals surface area contributed by atoms with E-state index in [-0.39, 0.29) is 5.82 Å². The molecule has 246 valence electrons. The lowest BCUT2D eigenvalue weighted by molar-refractivity contribution is 0.624. The molecule has 0 radical (unpaired) electrons. The fourth-order valence-corrected chi connectivity index (χ4v) is 5.33.